The van der Waals surface area contributed by atoms with Crippen molar-refractivity contribution in [2.75, 3.05) is 6.54 Å². The summed E-state index contributed by atoms with van der Waals surface area (Å²) in [5, 5.41) is 21.6. The molecule has 1 aromatic heterocycles. The van der Waals surface area contributed by atoms with Gasteiger partial charge >= 0.3 is 6.61 Å². The molecule has 2 amide bonds. The second-order valence-electron chi connectivity index (χ2n) is 10.4. The highest BCUT2D eigenvalue weighted by molar-refractivity contribution is 6.31. The number of benzene rings is 1. The number of aliphatic hydroxyl groups is 1. The maximum Gasteiger partial charge on any atom is 0.387 e. The average molecular weight is 526 g/mol. The van der Waals surface area contributed by atoms with E-state index in [-0.39, 0.29) is 41.8 Å². The van der Waals surface area contributed by atoms with Crippen molar-refractivity contribution >= 4 is 23.4 Å². The number of aliphatic hydroxyl groups excluding tert-OH is 1. The van der Waals surface area contributed by atoms with Gasteiger partial charge in [-0.15, -0.1) is 5.10 Å². The van der Waals surface area contributed by atoms with Gasteiger partial charge in [-0.05, 0) is 30.4 Å². The van der Waals surface area contributed by atoms with Crippen LogP contribution in [0.2, 0.25) is 5.02 Å². The molecule has 0 spiro atoms. The Kier molecular flexibility index (Phi) is 7.51. The fourth-order valence-corrected chi connectivity index (χ4v) is 4.77. The Hall–Kier alpha value is -2.79. The lowest BCUT2D eigenvalue weighted by Gasteiger charge is -2.34. The van der Waals surface area contributed by atoms with Crippen molar-refractivity contribution < 1.29 is 28.2 Å². The zero-order valence-electron chi connectivity index (χ0n) is 20.3. The van der Waals surface area contributed by atoms with Crippen molar-refractivity contribution in [3.8, 4) is 5.75 Å². The predicted molar refractivity (Wildman–Crippen MR) is 127 cm³/mol. The van der Waals surface area contributed by atoms with E-state index in [1.807, 2.05) is 20.8 Å². The minimum Gasteiger partial charge on any atom is -0.434 e. The molecule has 2 fully saturated rings. The van der Waals surface area contributed by atoms with E-state index < -0.39 is 36.1 Å². The van der Waals surface area contributed by atoms with Gasteiger partial charge in [0.15, 0.2) is 0 Å². The number of nitrogens with zero attached hydrogens (tertiary/aromatic N) is 4. The highest BCUT2D eigenvalue weighted by atomic mass is 35.5. The van der Waals surface area contributed by atoms with Gasteiger partial charge in [-0.3, -0.25) is 9.59 Å². The number of carbonyl (C=O) groups is 2. The van der Waals surface area contributed by atoms with Gasteiger partial charge < -0.3 is 20.1 Å². The second kappa shape index (κ2) is 10.3. The van der Waals surface area contributed by atoms with Crippen molar-refractivity contribution in [2.24, 2.45) is 5.41 Å². The monoisotopic (exact) mass is 525 g/mol. The Morgan fingerprint density at radius 3 is 2.67 bits per heavy atom. The molecule has 1 saturated heterocycles. The molecule has 12 heteroatoms. The Bertz CT molecular complexity index is 1120. The van der Waals surface area contributed by atoms with Crippen LogP contribution in [0.4, 0.5) is 8.78 Å². The Morgan fingerprint density at radius 2 is 2.03 bits per heavy atom. The lowest BCUT2D eigenvalue weighted by atomic mass is 9.85. The maximum absolute atomic E-state index is 13.8. The maximum atomic E-state index is 13.8. The summed E-state index contributed by atoms with van der Waals surface area (Å²) >= 11 is 6.15. The van der Waals surface area contributed by atoms with E-state index in [1.54, 1.807) is 10.9 Å². The van der Waals surface area contributed by atoms with Crippen LogP contribution < -0.4 is 10.1 Å². The summed E-state index contributed by atoms with van der Waals surface area (Å²) in [6.45, 7) is 2.44. The van der Waals surface area contributed by atoms with E-state index in [9.17, 15) is 23.5 Å². The number of alkyl halides is 2. The highest BCUT2D eigenvalue weighted by Crippen LogP contribution is 2.40. The second-order valence-corrected chi connectivity index (χ2v) is 10.8. The van der Waals surface area contributed by atoms with Crippen LogP contribution in [0.5, 0.6) is 5.75 Å². The van der Waals surface area contributed by atoms with Gasteiger partial charge in [-0.25, -0.2) is 4.68 Å². The van der Waals surface area contributed by atoms with Gasteiger partial charge in [0.2, 0.25) is 11.8 Å². The van der Waals surface area contributed by atoms with Crippen molar-refractivity contribution in [2.45, 2.75) is 77.3 Å². The van der Waals surface area contributed by atoms with Crippen molar-refractivity contribution in [3.05, 3.63) is 40.7 Å². The summed E-state index contributed by atoms with van der Waals surface area (Å²) in [7, 11) is 0. The molecule has 1 saturated carbocycles. The number of β-amino-alcohol motifs (C(OH)–C–C–N with tert-alkyl or cyclic N) is 1. The van der Waals surface area contributed by atoms with Crippen LogP contribution in [0, 0.1) is 5.41 Å². The first kappa shape index (κ1) is 26.3. The minimum atomic E-state index is -3.05. The molecular formula is C24H30ClF2N5O4. The van der Waals surface area contributed by atoms with E-state index in [2.05, 4.69) is 20.4 Å². The number of ether oxygens (including phenoxy) is 1. The summed E-state index contributed by atoms with van der Waals surface area (Å²) in [5.74, 6) is -0.674. The molecule has 2 heterocycles. The molecule has 36 heavy (non-hydrogen) atoms. The number of hydrogen-bond acceptors (Lipinski definition) is 6. The summed E-state index contributed by atoms with van der Waals surface area (Å²) in [6, 6.07) is 2.60. The first-order valence-electron chi connectivity index (χ1n) is 11.9. The lowest BCUT2D eigenvalue weighted by Crippen LogP contribution is -2.50. The molecular weight excluding hydrogens is 496 g/mol. The summed E-state index contributed by atoms with van der Waals surface area (Å²) in [6.07, 6.45) is 3.03. The predicted octanol–water partition coefficient (Wildman–Crippen LogP) is 3.28. The van der Waals surface area contributed by atoms with E-state index in [4.69, 9.17) is 11.6 Å². The minimum absolute atomic E-state index is 0.0144. The third-order valence-electron chi connectivity index (χ3n) is 6.44. The molecule has 0 bridgehead atoms. The number of aromatic nitrogens is 3. The molecule has 0 radical (unpaired) electrons. The van der Waals surface area contributed by atoms with Gasteiger partial charge in [-0.1, -0.05) is 43.7 Å². The molecule has 1 aliphatic heterocycles. The number of rotatable bonds is 8. The molecule has 2 unspecified atom stereocenters. The topological polar surface area (TPSA) is 110 Å². The third-order valence-corrected chi connectivity index (χ3v) is 6.79. The standard InChI is InChI=1S/C24H30ClF2N5O4/c1-24(2,3)20(32-12-17(29-30-32)13-7-8-13)22(35)31-11-14(33)9-18(31)21(34)28-10-15-16(25)5-4-6-19(15)36-23(26)27/h4-6,12-14,18,20,23,33H,7-11H2,1-3H3,(H,28,34)/t14?,18?,20-/m1/s1. The van der Waals surface area contributed by atoms with Crippen LogP contribution in [0.25, 0.3) is 0 Å². The smallest absolute Gasteiger partial charge is 0.387 e. The molecule has 3 atom stereocenters. The Labute approximate surface area is 212 Å². The van der Waals surface area contributed by atoms with Crippen molar-refractivity contribution in [1.82, 2.24) is 25.2 Å². The first-order valence-corrected chi connectivity index (χ1v) is 12.2. The first-order chi connectivity index (χ1) is 17.0. The van der Waals surface area contributed by atoms with E-state index >= 15 is 0 Å². The molecule has 4 rings (SSSR count). The number of nitrogens with one attached hydrogen (secondary N) is 1. The van der Waals surface area contributed by atoms with E-state index in [0.29, 0.717) is 5.92 Å². The molecule has 1 aromatic carbocycles. The highest BCUT2D eigenvalue weighted by Gasteiger charge is 2.45. The zero-order chi connectivity index (χ0) is 26.2. The number of hydrogen-bond donors (Lipinski definition) is 2. The fourth-order valence-electron chi connectivity index (χ4n) is 4.54. The average Bonchev–Trinajstić information content (AvgIpc) is 3.39. The van der Waals surface area contributed by atoms with E-state index in [1.165, 1.54) is 23.1 Å². The van der Waals surface area contributed by atoms with Gasteiger partial charge in [0, 0.05) is 42.2 Å². The van der Waals surface area contributed by atoms with Gasteiger partial charge in [-0.2, -0.15) is 8.78 Å². The number of halogens is 3. The van der Waals surface area contributed by atoms with Crippen molar-refractivity contribution in [3.63, 3.8) is 0 Å². The summed E-state index contributed by atoms with van der Waals surface area (Å²) in [4.78, 5) is 28.3. The number of amides is 2. The van der Waals surface area contributed by atoms with Gasteiger partial charge in [0.25, 0.3) is 0 Å². The Balaban J connectivity index is 1.52. The Morgan fingerprint density at radius 1 is 1.31 bits per heavy atom. The van der Waals surface area contributed by atoms with Gasteiger partial charge in [0.1, 0.15) is 17.8 Å². The molecule has 196 valence electrons. The van der Waals surface area contributed by atoms with Crippen LogP contribution in [0.3, 0.4) is 0 Å². The largest absolute Gasteiger partial charge is 0.434 e. The molecule has 9 nitrogen and oxygen atoms in total. The number of carbonyl (C=O) groups excluding carboxylic acids is 2. The molecule has 2 N–H and O–H groups in total. The third kappa shape index (κ3) is 5.78. The van der Waals surface area contributed by atoms with Crippen LogP contribution in [0.15, 0.2) is 24.4 Å². The number of likely N-dealkylation sites (tertiary alicyclic amines) is 1. The zero-order valence-corrected chi connectivity index (χ0v) is 21.1. The summed E-state index contributed by atoms with van der Waals surface area (Å²) < 4.78 is 31.6. The van der Waals surface area contributed by atoms with Gasteiger partial charge in [0.05, 0.1) is 11.8 Å². The van der Waals surface area contributed by atoms with Crippen LogP contribution in [-0.4, -0.2) is 62.1 Å². The van der Waals surface area contributed by atoms with Crippen molar-refractivity contribution in [1.29, 1.82) is 0 Å². The van der Waals surface area contributed by atoms with Crippen LogP contribution >= 0.6 is 11.6 Å². The molecule has 1 aliphatic carbocycles. The molecule has 2 aliphatic rings. The molecule has 2 aromatic rings. The lowest BCUT2D eigenvalue weighted by molar-refractivity contribution is -0.144. The normalized spacial score (nSPS) is 21.1. The van der Waals surface area contributed by atoms with Crippen LogP contribution in [0.1, 0.15) is 63.3 Å². The fraction of sp³-hybridized carbons (Fsp3) is 0.583. The quantitative estimate of drug-likeness (QED) is 0.547. The summed E-state index contributed by atoms with van der Waals surface area (Å²) in [5.41, 5.74) is 0.473. The SMILES string of the molecule is CC(C)(C)[C@@H](C(=O)N1CC(O)CC1C(=O)NCc1c(Cl)cccc1OC(F)F)n1cc(C2CC2)nn1. The van der Waals surface area contributed by atoms with Crippen LogP contribution in [-0.2, 0) is 16.1 Å². The van der Waals surface area contributed by atoms with E-state index in [0.717, 1.165) is 18.5 Å².